The number of carbonyl (C=O) groups is 1. The smallest absolute Gasteiger partial charge is 0.333 e. The molecule has 2 heterocycles. The molecule has 0 fully saturated rings. The van der Waals surface area contributed by atoms with E-state index < -0.39 is 12.1 Å². The van der Waals surface area contributed by atoms with Gasteiger partial charge in [-0.1, -0.05) is 32.4 Å². The summed E-state index contributed by atoms with van der Waals surface area (Å²) in [5, 5.41) is 20.0. The van der Waals surface area contributed by atoms with Crippen LogP contribution in [0.4, 0.5) is 0 Å². The maximum atomic E-state index is 13.2. The van der Waals surface area contributed by atoms with Crippen molar-refractivity contribution in [3.63, 3.8) is 0 Å². The molecule has 0 bridgehead atoms. The van der Waals surface area contributed by atoms with E-state index in [1.54, 1.807) is 35.4 Å². The zero-order valence-corrected chi connectivity index (χ0v) is 22.4. The molecule has 3 aromatic rings. The molecule has 0 aliphatic heterocycles. The number of fused-ring (bicyclic) bond motifs is 1. The molecule has 208 valence electrons. The van der Waals surface area contributed by atoms with Crippen molar-refractivity contribution >= 4 is 23.0 Å². The van der Waals surface area contributed by atoms with Crippen molar-refractivity contribution in [3.05, 3.63) is 51.7 Å². The summed E-state index contributed by atoms with van der Waals surface area (Å²) in [6.07, 6.45) is 1.77. The standard InChI is InChI=1S/C24H32N4O5.CH6N4/c1-5-8-18-21-22(27(4)26-18)23(29)28(20(6-2)25-21)13-14-33-17-11-9-16(10-12-17)15-19(24(30)31)32-7-3;2-1(3)5-4/h9-12,19H,5-8,13-15H2,1-4H3,(H,30,31);4H2,(H4,2,3,5). The van der Waals surface area contributed by atoms with Crippen molar-refractivity contribution in [2.75, 3.05) is 13.2 Å². The predicted octanol–water partition coefficient (Wildman–Crippen LogP) is 1.10. The number of rotatable bonds is 12. The first-order chi connectivity index (χ1) is 18.2. The van der Waals surface area contributed by atoms with Crippen molar-refractivity contribution < 1.29 is 19.4 Å². The summed E-state index contributed by atoms with van der Waals surface area (Å²) in [6, 6.07) is 7.24. The molecule has 13 heteroatoms. The number of hydrogen-bond donors (Lipinski definition) is 5. The molecule has 13 nitrogen and oxygen atoms in total. The first-order valence-electron chi connectivity index (χ1n) is 12.5. The maximum Gasteiger partial charge on any atom is 0.333 e. The predicted molar refractivity (Wildman–Crippen MR) is 144 cm³/mol. The van der Waals surface area contributed by atoms with Gasteiger partial charge in [0.2, 0.25) is 0 Å². The van der Waals surface area contributed by atoms with Crippen LogP contribution in [0.15, 0.2) is 29.1 Å². The number of guanidine groups is 1. The van der Waals surface area contributed by atoms with Crippen molar-refractivity contribution in [3.8, 4) is 5.75 Å². The fourth-order valence-electron chi connectivity index (χ4n) is 3.88. The third-order valence-electron chi connectivity index (χ3n) is 5.62. The molecule has 7 N–H and O–H groups in total. The molecule has 0 amide bonds. The Hall–Kier alpha value is -3.97. The molecule has 0 aliphatic carbocycles. The van der Waals surface area contributed by atoms with Gasteiger partial charge in [0.25, 0.3) is 5.56 Å². The summed E-state index contributed by atoms with van der Waals surface area (Å²) in [7, 11) is 1.78. The highest BCUT2D eigenvalue weighted by Crippen LogP contribution is 2.17. The van der Waals surface area contributed by atoms with Crippen LogP contribution in [-0.4, -0.2) is 55.7 Å². The van der Waals surface area contributed by atoms with E-state index in [2.05, 4.69) is 23.6 Å². The van der Waals surface area contributed by atoms with E-state index in [-0.39, 0.29) is 17.9 Å². The maximum absolute atomic E-state index is 13.2. The van der Waals surface area contributed by atoms with E-state index in [4.69, 9.17) is 19.9 Å². The molecule has 38 heavy (non-hydrogen) atoms. The minimum absolute atomic E-state index is 0.108. The van der Waals surface area contributed by atoms with Crippen molar-refractivity contribution in [2.24, 2.45) is 18.6 Å². The normalized spacial score (nSPS) is 11.5. The molecule has 0 aliphatic rings. The van der Waals surface area contributed by atoms with E-state index in [9.17, 15) is 14.7 Å². The average molecular weight is 531 g/mol. The Morgan fingerprint density at radius 3 is 2.42 bits per heavy atom. The molecule has 0 saturated carbocycles. The number of carboxylic acids is 1. The second-order valence-electron chi connectivity index (χ2n) is 8.39. The Morgan fingerprint density at radius 2 is 1.89 bits per heavy atom. The van der Waals surface area contributed by atoms with Crippen LogP contribution in [0.25, 0.3) is 11.0 Å². The zero-order chi connectivity index (χ0) is 28.2. The Morgan fingerprint density at radius 1 is 1.24 bits per heavy atom. The van der Waals surface area contributed by atoms with Crippen LogP contribution in [0.3, 0.4) is 0 Å². The number of nitrogens with one attached hydrogen (secondary N) is 2. The number of aromatic nitrogens is 4. The highest BCUT2D eigenvalue weighted by atomic mass is 16.5. The number of hydrogen-bond acceptors (Lipinski definition) is 8. The molecular formula is C25H38N8O5. The second-order valence-corrected chi connectivity index (χ2v) is 8.39. The Labute approximate surface area is 221 Å². The lowest BCUT2D eigenvalue weighted by molar-refractivity contribution is -0.149. The first kappa shape index (κ1) is 30.3. The molecule has 3 rings (SSSR count). The number of aliphatic carboxylic acids is 1. The highest BCUT2D eigenvalue weighted by molar-refractivity contribution is 5.76. The SMILES string of the molecule is CCCc1nn(C)c2c(=O)n(CCOc3ccc(CC(OCC)C(=O)O)cc3)c(CC)nc12.N=C(N)NN. The summed E-state index contributed by atoms with van der Waals surface area (Å²) in [4.78, 5) is 29.2. The van der Waals surface area contributed by atoms with Crippen LogP contribution >= 0.6 is 0 Å². The summed E-state index contributed by atoms with van der Waals surface area (Å²) in [6.45, 7) is 6.84. The van der Waals surface area contributed by atoms with E-state index >= 15 is 0 Å². The van der Waals surface area contributed by atoms with Crippen LogP contribution < -0.4 is 27.3 Å². The van der Waals surface area contributed by atoms with Crippen LogP contribution in [-0.2, 0) is 42.4 Å². The lowest BCUT2D eigenvalue weighted by Gasteiger charge is -2.14. The number of aryl methyl sites for hydroxylation is 3. The van der Waals surface area contributed by atoms with Crippen LogP contribution in [0.1, 0.15) is 44.3 Å². The van der Waals surface area contributed by atoms with E-state index in [1.165, 1.54) is 0 Å². The number of ether oxygens (including phenoxy) is 2. The third-order valence-corrected chi connectivity index (χ3v) is 5.62. The molecular weight excluding hydrogens is 492 g/mol. The zero-order valence-electron chi connectivity index (χ0n) is 22.4. The molecule has 1 unspecified atom stereocenters. The highest BCUT2D eigenvalue weighted by Gasteiger charge is 2.19. The topological polar surface area (TPSA) is 196 Å². The van der Waals surface area contributed by atoms with Gasteiger partial charge in [0.15, 0.2) is 17.6 Å². The largest absolute Gasteiger partial charge is 0.492 e. The fraction of sp³-hybridized carbons (Fsp3) is 0.480. The summed E-state index contributed by atoms with van der Waals surface area (Å²) >= 11 is 0. The molecule has 1 aromatic carbocycles. The number of hydrazine groups is 1. The number of nitrogens with two attached hydrogens (primary N) is 2. The van der Waals surface area contributed by atoms with Gasteiger partial charge in [-0.2, -0.15) is 5.10 Å². The lowest BCUT2D eigenvalue weighted by atomic mass is 10.1. The average Bonchev–Trinajstić information content (AvgIpc) is 3.21. The number of benzene rings is 1. The van der Waals surface area contributed by atoms with Gasteiger partial charge in [0.1, 0.15) is 23.7 Å². The molecule has 0 spiro atoms. The van der Waals surface area contributed by atoms with Crippen molar-refractivity contribution in [1.29, 1.82) is 5.41 Å². The van der Waals surface area contributed by atoms with Gasteiger partial charge in [-0.3, -0.25) is 24.9 Å². The van der Waals surface area contributed by atoms with E-state index in [0.717, 1.165) is 24.1 Å². The lowest BCUT2D eigenvalue weighted by Crippen LogP contribution is -2.35. The van der Waals surface area contributed by atoms with Crippen LogP contribution in [0.5, 0.6) is 5.75 Å². The van der Waals surface area contributed by atoms with Gasteiger partial charge < -0.3 is 20.3 Å². The second kappa shape index (κ2) is 14.7. The summed E-state index contributed by atoms with van der Waals surface area (Å²) < 4.78 is 14.4. The molecule has 0 saturated heterocycles. The number of carboxylic acid groups (broad SMARTS) is 1. The van der Waals surface area contributed by atoms with E-state index in [0.29, 0.717) is 48.8 Å². The van der Waals surface area contributed by atoms with Gasteiger partial charge in [-0.25, -0.2) is 15.6 Å². The van der Waals surface area contributed by atoms with Gasteiger partial charge in [0, 0.05) is 26.5 Å². The third kappa shape index (κ3) is 8.02. The first-order valence-corrected chi connectivity index (χ1v) is 12.5. The van der Waals surface area contributed by atoms with Gasteiger partial charge in [0.05, 0.1) is 12.2 Å². The Bertz CT molecular complexity index is 1270. The molecule has 2 aromatic heterocycles. The van der Waals surface area contributed by atoms with Gasteiger partial charge >= 0.3 is 5.97 Å². The quantitative estimate of drug-likeness (QED) is 0.0978. The van der Waals surface area contributed by atoms with Crippen LogP contribution in [0, 0.1) is 5.41 Å². The summed E-state index contributed by atoms with van der Waals surface area (Å²) in [5.74, 6) is 4.74. The minimum Gasteiger partial charge on any atom is -0.492 e. The van der Waals surface area contributed by atoms with E-state index in [1.807, 2.05) is 24.5 Å². The minimum atomic E-state index is -0.977. The summed E-state index contributed by atoms with van der Waals surface area (Å²) in [5.41, 5.74) is 9.34. The van der Waals surface area contributed by atoms with Crippen LogP contribution in [0.2, 0.25) is 0 Å². The fourth-order valence-corrected chi connectivity index (χ4v) is 3.88. The monoisotopic (exact) mass is 530 g/mol. The van der Waals surface area contributed by atoms with Crippen molar-refractivity contribution in [2.45, 2.75) is 59.1 Å². The molecule has 1 atom stereocenters. The van der Waals surface area contributed by atoms with Crippen molar-refractivity contribution in [1.82, 2.24) is 24.8 Å². The Balaban J connectivity index is 0.000000926. The number of nitrogens with zero attached hydrogens (tertiary/aromatic N) is 4. The van der Waals surface area contributed by atoms with Gasteiger partial charge in [-0.05, 0) is 31.0 Å². The Kier molecular flexibility index (Phi) is 11.7. The molecule has 0 radical (unpaired) electrons. The van der Waals surface area contributed by atoms with Gasteiger partial charge in [-0.15, -0.1) is 0 Å².